The zero-order chi connectivity index (χ0) is 22.2. The first kappa shape index (κ1) is 22.4. The van der Waals surface area contributed by atoms with Gasteiger partial charge in [-0.15, -0.1) is 0 Å². The van der Waals surface area contributed by atoms with Gasteiger partial charge >= 0.3 is 6.09 Å². The number of nitrogens with zero attached hydrogens (tertiary/aromatic N) is 3. The van der Waals surface area contributed by atoms with Crippen LogP contribution >= 0.6 is 0 Å². The van der Waals surface area contributed by atoms with Gasteiger partial charge in [0.05, 0.1) is 6.04 Å². The number of ether oxygens (including phenoxy) is 1. The van der Waals surface area contributed by atoms with Gasteiger partial charge in [-0.05, 0) is 96.0 Å². The Balaban J connectivity index is 1.45. The fourth-order valence-corrected chi connectivity index (χ4v) is 5.82. The van der Waals surface area contributed by atoms with Gasteiger partial charge in [-0.1, -0.05) is 19.1 Å². The Bertz CT molecular complexity index is 757. The van der Waals surface area contributed by atoms with Crippen molar-refractivity contribution >= 4 is 11.8 Å². The predicted octanol–water partition coefficient (Wildman–Crippen LogP) is 5.32. The van der Waals surface area contributed by atoms with E-state index in [-0.39, 0.29) is 12.1 Å². The van der Waals surface area contributed by atoms with Gasteiger partial charge in [0.1, 0.15) is 5.60 Å². The molecule has 1 amide bonds. The second-order valence-corrected chi connectivity index (χ2v) is 11.1. The topological polar surface area (TPSA) is 36.0 Å². The lowest BCUT2D eigenvalue weighted by Gasteiger charge is -2.46. The molecule has 3 aliphatic heterocycles. The summed E-state index contributed by atoms with van der Waals surface area (Å²) in [5.74, 6) is 1.30. The summed E-state index contributed by atoms with van der Waals surface area (Å²) < 4.78 is 5.73. The summed E-state index contributed by atoms with van der Waals surface area (Å²) in [4.78, 5) is 20.0. The Labute approximate surface area is 188 Å². The number of anilines is 1. The Kier molecular flexibility index (Phi) is 6.52. The van der Waals surface area contributed by atoms with Crippen LogP contribution in [-0.2, 0) is 4.74 Å². The van der Waals surface area contributed by atoms with E-state index in [2.05, 4.69) is 48.0 Å². The highest BCUT2D eigenvalue weighted by Crippen LogP contribution is 2.36. The summed E-state index contributed by atoms with van der Waals surface area (Å²) in [5.41, 5.74) is 2.09. The quantitative estimate of drug-likeness (QED) is 0.640. The molecule has 0 N–H and O–H groups in total. The molecule has 3 saturated heterocycles. The van der Waals surface area contributed by atoms with E-state index >= 15 is 0 Å². The maximum atomic E-state index is 12.9. The Morgan fingerprint density at radius 2 is 1.74 bits per heavy atom. The van der Waals surface area contributed by atoms with Crippen LogP contribution < -0.4 is 4.90 Å². The zero-order valence-corrected chi connectivity index (χ0v) is 20.1. The van der Waals surface area contributed by atoms with Crippen LogP contribution in [0.15, 0.2) is 24.3 Å². The number of benzene rings is 1. The van der Waals surface area contributed by atoms with Gasteiger partial charge in [0, 0.05) is 31.4 Å². The number of amides is 1. The lowest BCUT2D eigenvalue weighted by atomic mass is 9.84. The zero-order valence-electron chi connectivity index (χ0n) is 20.1. The molecule has 3 fully saturated rings. The van der Waals surface area contributed by atoms with Crippen LogP contribution in [0.2, 0.25) is 0 Å². The maximum Gasteiger partial charge on any atom is 0.410 e. The number of carbonyl (C=O) groups is 1. The van der Waals surface area contributed by atoms with Crippen molar-refractivity contribution in [2.45, 2.75) is 77.5 Å². The Morgan fingerprint density at radius 1 is 1.00 bits per heavy atom. The predicted molar refractivity (Wildman–Crippen MR) is 126 cm³/mol. The van der Waals surface area contributed by atoms with E-state index in [0.29, 0.717) is 5.92 Å². The number of hydrogen-bond acceptors (Lipinski definition) is 4. The summed E-state index contributed by atoms with van der Waals surface area (Å²) in [6.45, 7) is 12.4. The summed E-state index contributed by atoms with van der Waals surface area (Å²) in [5, 5.41) is 0. The second-order valence-electron chi connectivity index (χ2n) is 11.1. The summed E-state index contributed by atoms with van der Waals surface area (Å²) in [7, 11) is 2.29. The standard InChI is InChI=1S/C26H41N3O2/c1-19-8-13-24(29(17-19)25(30)31-26(2,3)4)20-9-11-22(12-10-20)28-16-14-23-21(18-28)7-6-15-27(23)5/h9-12,19,21,23-24H,6-8,13-18H2,1-5H3/t19-,21-,23+,24+/m0/s1. The number of hydrogen-bond donors (Lipinski definition) is 0. The van der Waals surface area contributed by atoms with Gasteiger partial charge in [-0.3, -0.25) is 0 Å². The van der Waals surface area contributed by atoms with Gasteiger partial charge in [0.25, 0.3) is 0 Å². The third kappa shape index (κ3) is 5.19. The van der Waals surface area contributed by atoms with Crippen molar-refractivity contribution in [1.82, 2.24) is 9.80 Å². The molecule has 31 heavy (non-hydrogen) atoms. The average molecular weight is 428 g/mol. The van der Waals surface area contributed by atoms with Crippen LogP contribution in [-0.4, -0.2) is 60.8 Å². The van der Waals surface area contributed by atoms with E-state index in [1.165, 1.54) is 43.6 Å². The van der Waals surface area contributed by atoms with Crippen LogP contribution in [0.5, 0.6) is 0 Å². The highest BCUT2D eigenvalue weighted by Gasteiger charge is 2.35. The molecular weight excluding hydrogens is 386 g/mol. The molecule has 4 atom stereocenters. The summed E-state index contributed by atoms with van der Waals surface area (Å²) >= 11 is 0. The molecule has 0 aliphatic carbocycles. The van der Waals surface area contributed by atoms with Gasteiger partial charge in [0.2, 0.25) is 0 Å². The fraction of sp³-hybridized carbons (Fsp3) is 0.731. The molecule has 3 heterocycles. The highest BCUT2D eigenvalue weighted by atomic mass is 16.6. The molecule has 0 unspecified atom stereocenters. The number of carbonyl (C=O) groups excluding carboxylic acids is 1. The molecule has 1 aromatic carbocycles. The van der Waals surface area contributed by atoms with E-state index in [1.54, 1.807) is 0 Å². The molecule has 0 radical (unpaired) electrons. The molecule has 0 spiro atoms. The highest BCUT2D eigenvalue weighted by molar-refractivity contribution is 5.69. The smallest absolute Gasteiger partial charge is 0.410 e. The third-order valence-corrected chi connectivity index (χ3v) is 7.43. The normalized spacial score (nSPS) is 30.1. The Hall–Kier alpha value is -1.75. The van der Waals surface area contributed by atoms with Crippen LogP contribution in [0.1, 0.15) is 71.4 Å². The molecule has 0 bridgehead atoms. The van der Waals surface area contributed by atoms with Crippen LogP contribution in [0.25, 0.3) is 0 Å². The Morgan fingerprint density at radius 3 is 2.45 bits per heavy atom. The average Bonchev–Trinajstić information content (AvgIpc) is 2.72. The number of piperidine rings is 3. The molecule has 5 heteroatoms. The van der Waals surface area contributed by atoms with Crippen molar-refractivity contribution in [3.8, 4) is 0 Å². The van der Waals surface area contributed by atoms with Gasteiger partial charge in [-0.2, -0.15) is 0 Å². The minimum Gasteiger partial charge on any atom is -0.444 e. The van der Waals surface area contributed by atoms with Crippen molar-refractivity contribution in [2.75, 3.05) is 38.1 Å². The number of rotatable bonds is 2. The van der Waals surface area contributed by atoms with Crippen molar-refractivity contribution < 1.29 is 9.53 Å². The van der Waals surface area contributed by atoms with Gasteiger partial charge in [-0.25, -0.2) is 4.79 Å². The molecule has 172 valence electrons. The van der Waals surface area contributed by atoms with E-state index in [9.17, 15) is 4.79 Å². The first-order valence-electron chi connectivity index (χ1n) is 12.3. The minimum atomic E-state index is -0.467. The minimum absolute atomic E-state index is 0.109. The lowest BCUT2D eigenvalue weighted by Crippen LogP contribution is -2.52. The van der Waals surface area contributed by atoms with E-state index in [1.807, 2.05) is 25.7 Å². The first-order valence-corrected chi connectivity index (χ1v) is 12.3. The van der Waals surface area contributed by atoms with Crippen LogP contribution in [0.4, 0.5) is 10.5 Å². The molecule has 3 aliphatic rings. The SMILES string of the molecule is C[C@H]1CC[C@H](c2ccc(N3CC[C@@H]4[C@@H](CCCN4C)C3)cc2)N(C(=O)OC(C)(C)C)C1. The molecule has 5 nitrogen and oxygen atoms in total. The third-order valence-electron chi connectivity index (χ3n) is 7.43. The lowest BCUT2D eigenvalue weighted by molar-refractivity contribution is 0.00364. The van der Waals surface area contributed by atoms with Crippen molar-refractivity contribution in [3.05, 3.63) is 29.8 Å². The van der Waals surface area contributed by atoms with Crippen molar-refractivity contribution in [3.63, 3.8) is 0 Å². The molecule has 4 rings (SSSR count). The molecule has 1 aromatic rings. The largest absolute Gasteiger partial charge is 0.444 e. The van der Waals surface area contributed by atoms with E-state index in [0.717, 1.165) is 37.9 Å². The second kappa shape index (κ2) is 9.01. The molecular formula is C26H41N3O2. The monoisotopic (exact) mass is 427 g/mol. The van der Waals surface area contributed by atoms with Crippen molar-refractivity contribution in [2.24, 2.45) is 11.8 Å². The van der Waals surface area contributed by atoms with Crippen LogP contribution in [0, 0.1) is 11.8 Å². The fourth-order valence-electron chi connectivity index (χ4n) is 5.82. The van der Waals surface area contributed by atoms with E-state index < -0.39 is 5.60 Å². The first-order chi connectivity index (χ1) is 14.7. The number of fused-ring (bicyclic) bond motifs is 1. The maximum absolute atomic E-state index is 12.9. The summed E-state index contributed by atoms with van der Waals surface area (Å²) in [6.07, 6.45) is 5.90. The van der Waals surface area contributed by atoms with Gasteiger partial charge in [0.15, 0.2) is 0 Å². The molecule has 0 aromatic heterocycles. The summed E-state index contributed by atoms with van der Waals surface area (Å²) in [6, 6.07) is 9.90. The van der Waals surface area contributed by atoms with Crippen LogP contribution in [0.3, 0.4) is 0 Å². The van der Waals surface area contributed by atoms with E-state index in [4.69, 9.17) is 4.74 Å². The number of likely N-dealkylation sites (tertiary alicyclic amines) is 2. The van der Waals surface area contributed by atoms with Gasteiger partial charge < -0.3 is 19.4 Å². The molecule has 0 saturated carbocycles. The van der Waals surface area contributed by atoms with Crippen molar-refractivity contribution in [1.29, 1.82) is 0 Å².